The quantitative estimate of drug-likeness (QED) is 0.594. The zero-order valence-electron chi connectivity index (χ0n) is 6.65. The van der Waals surface area contributed by atoms with Gasteiger partial charge in [0.1, 0.15) is 0 Å². The summed E-state index contributed by atoms with van der Waals surface area (Å²) in [7, 11) is 0. The third-order valence-electron chi connectivity index (χ3n) is 2.18. The van der Waals surface area contributed by atoms with Crippen LogP contribution in [-0.4, -0.2) is 12.6 Å². The average Bonchev–Trinajstić information content (AvgIpc) is 1.79. The standard InChI is InChI=1S/C8H17N/c1-6(2)4-8-5-9-7(8)3/h6-9H,4-5H2,1-3H3. The third kappa shape index (κ3) is 1.68. The van der Waals surface area contributed by atoms with Crippen LogP contribution in [0.2, 0.25) is 0 Å². The van der Waals surface area contributed by atoms with Gasteiger partial charge < -0.3 is 5.32 Å². The highest BCUT2D eigenvalue weighted by atomic mass is 15.0. The second kappa shape index (κ2) is 2.70. The van der Waals surface area contributed by atoms with Crippen LogP contribution in [0.1, 0.15) is 27.2 Å². The Kier molecular flexibility index (Phi) is 2.12. The van der Waals surface area contributed by atoms with Crippen molar-refractivity contribution >= 4 is 0 Å². The first-order valence-corrected chi connectivity index (χ1v) is 3.93. The highest BCUT2D eigenvalue weighted by molar-refractivity contribution is 4.84. The van der Waals surface area contributed by atoms with E-state index in [2.05, 4.69) is 26.1 Å². The lowest BCUT2D eigenvalue weighted by Gasteiger charge is -2.36. The summed E-state index contributed by atoms with van der Waals surface area (Å²) < 4.78 is 0. The van der Waals surface area contributed by atoms with E-state index in [0.717, 1.165) is 17.9 Å². The molecule has 54 valence electrons. The summed E-state index contributed by atoms with van der Waals surface area (Å²) >= 11 is 0. The summed E-state index contributed by atoms with van der Waals surface area (Å²) in [5.74, 6) is 1.84. The van der Waals surface area contributed by atoms with Crippen molar-refractivity contribution in [3.8, 4) is 0 Å². The minimum Gasteiger partial charge on any atom is -0.314 e. The van der Waals surface area contributed by atoms with E-state index in [1.54, 1.807) is 0 Å². The first-order chi connectivity index (χ1) is 4.20. The van der Waals surface area contributed by atoms with E-state index in [1.807, 2.05) is 0 Å². The van der Waals surface area contributed by atoms with Crippen molar-refractivity contribution in [1.82, 2.24) is 5.32 Å². The van der Waals surface area contributed by atoms with E-state index in [0.29, 0.717) is 0 Å². The summed E-state index contributed by atoms with van der Waals surface area (Å²) in [5.41, 5.74) is 0. The smallest absolute Gasteiger partial charge is 0.00793 e. The molecule has 0 saturated carbocycles. The van der Waals surface area contributed by atoms with Gasteiger partial charge in [0.05, 0.1) is 0 Å². The molecule has 2 unspecified atom stereocenters. The Balaban J connectivity index is 2.13. The minimum absolute atomic E-state index is 0.785. The van der Waals surface area contributed by atoms with E-state index in [-0.39, 0.29) is 0 Å². The molecule has 1 aliphatic heterocycles. The zero-order valence-corrected chi connectivity index (χ0v) is 6.65. The first kappa shape index (κ1) is 7.07. The minimum atomic E-state index is 0.785. The maximum Gasteiger partial charge on any atom is 0.00793 e. The molecule has 0 aliphatic carbocycles. The lowest BCUT2D eigenvalue weighted by atomic mass is 9.86. The third-order valence-corrected chi connectivity index (χ3v) is 2.18. The van der Waals surface area contributed by atoms with Crippen molar-refractivity contribution in [3.05, 3.63) is 0 Å². The first-order valence-electron chi connectivity index (χ1n) is 3.93. The summed E-state index contributed by atoms with van der Waals surface area (Å²) in [6.45, 7) is 8.12. The van der Waals surface area contributed by atoms with E-state index < -0.39 is 0 Å². The molecule has 0 spiro atoms. The molecule has 0 aromatic rings. The zero-order chi connectivity index (χ0) is 6.85. The molecule has 1 rings (SSSR count). The maximum atomic E-state index is 3.36. The Bertz CT molecular complexity index is 88.6. The molecule has 1 nitrogen and oxygen atoms in total. The van der Waals surface area contributed by atoms with Gasteiger partial charge in [-0.05, 0) is 31.7 Å². The van der Waals surface area contributed by atoms with Gasteiger partial charge in [0, 0.05) is 6.04 Å². The molecule has 0 aromatic heterocycles. The van der Waals surface area contributed by atoms with Gasteiger partial charge >= 0.3 is 0 Å². The molecule has 0 amide bonds. The van der Waals surface area contributed by atoms with Gasteiger partial charge in [-0.15, -0.1) is 0 Å². The molecule has 0 aromatic carbocycles. The predicted molar refractivity (Wildman–Crippen MR) is 40.4 cm³/mol. The Morgan fingerprint density at radius 1 is 1.56 bits per heavy atom. The Hall–Kier alpha value is -0.0400. The largest absolute Gasteiger partial charge is 0.314 e. The fraction of sp³-hybridized carbons (Fsp3) is 1.00. The lowest BCUT2D eigenvalue weighted by molar-refractivity contribution is 0.213. The van der Waals surface area contributed by atoms with Crippen molar-refractivity contribution in [2.75, 3.05) is 6.54 Å². The number of hydrogen-bond acceptors (Lipinski definition) is 1. The number of rotatable bonds is 2. The molecule has 1 heterocycles. The van der Waals surface area contributed by atoms with Crippen LogP contribution in [0.5, 0.6) is 0 Å². The summed E-state index contributed by atoms with van der Waals surface area (Å²) in [6.07, 6.45) is 1.40. The number of hydrogen-bond donors (Lipinski definition) is 1. The topological polar surface area (TPSA) is 12.0 Å². The van der Waals surface area contributed by atoms with Crippen LogP contribution in [-0.2, 0) is 0 Å². The van der Waals surface area contributed by atoms with Crippen LogP contribution >= 0.6 is 0 Å². The SMILES string of the molecule is CC(C)CC1CNC1C. The van der Waals surface area contributed by atoms with Crippen LogP contribution in [0.15, 0.2) is 0 Å². The molecular weight excluding hydrogens is 110 g/mol. The van der Waals surface area contributed by atoms with Gasteiger partial charge in [-0.25, -0.2) is 0 Å². The highest BCUT2D eigenvalue weighted by Gasteiger charge is 2.25. The van der Waals surface area contributed by atoms with Crippen LogP contribution in [0.25, 0.3) is 0 Å². The molecule has 1 fully saturated rings. The molecule has 1 N–H and O–H groups in total. The van der Waals surface area contributed by atoms with Gasteiger partial charge in [0.15, 0.2) is 0 Å². The van der Waals surface area contributed by atoms with E-state index >= 15 is 0 Å². The molecule has 1 heteroatoms. The van der Waals surface area contributed by atoms with Crippen molar-refractivity contribution in [3.63, 3.8) is 0 Å². The van der Waals surface area contributed by atoms with Crippen molar-refractivity contribution in [1.29, 1.82) is 0 Å². The fourth-order valence-corrected chi connectivity index (χ4v) is 1.41. The van der Waals surface area contributed by atoms with Crippen LogP contribution in [0, 0.1) is 11.8 Å². The van der Waals surface area contributed by atoms with Gasteiger partial charge in [-0.2, -0.15) is 0 Å². The second-order valence-electron chi connectivity index (χ2n) is 3.59. The molecule has 1 saturated heterocycles. The van der Waals surface area contributed by atoms with Crippen molar-refractivity contribution in [2.24, 2.45) is 11.8 Å². The summed E-state index contributed by atoms with van der Waals surface area (Å²) in [4.78, 5) is 0. The summed E-state index contributed by atoms with van der Waals surface area (Å²) in [6, 6.07) is 0.785. The van der Waals surface area contributed by atoms with E-state index in [4.69, 9.17) is 0 Å². The Morgan fingerprint density at radius 2 is 2.22 bits per heavy atom. The fourth-order valence-electron chi connectivity index (χ4n) is 1.41. The highest BCUT2D eigenvalue weighted by Crippen LogP contribution is 2.20. The lowest BCUT2D eigenvalue weighted by Crippen LogP contribution is -2.51. The van der Waals surface area contributed by atoms with Crippen molar-refractivity contribution in [2.45, 2.75) is 33.2 Å². The number of nitrogens with one attached hydrogen (secondary N) is 1. The predicted octanol–water partition coefficient (Wildman–Crippen LogP) is 1.64. The molecule has 0 bridgehead atoms. The van der Waals surface area contributed by atoms with E-state index in [1.165, 1.54) is 13.0 Å². The van der Waals surface area contributed by atoms with Crippen LogP contribution < -0.4 is 5.32 Å². The van der Waals surface area contributed by atoms with Gasteiger partial charge in [0.2, 0.25) is 0 Å². The maximum absolute atomic E-state index is 3.36. The van der Waals surface area contributed by atoms with Crippen LogP contribution in [0.3, 0.4) is 0 Å². The van der Waals surface area contributed by atoms with Gasteiger partial charge in [-0.3, -0.25) is 0 Å². The van der Waals surface area contributed by atoms with Gasteiger partial charge in [-0.1, -0.05) is 13.8 Å². The monoisotopic (exact) mass is 127 g/mol. The Labute approximate surface area is 57.8 Å². The molecule has 1 aliphatic rings. The molecule has 2 atom stereocenters. The van der Waals surface area contributed by atoms with Crippen molar-refractivity contribution < 1.29 is 0 Å². The molecule has 9 heavy (non-hydrogen) atoms. The second-order valence-corrected chi connectivity index (χ2v) is 3.59. The van der Waals surface area contributed by atoms with E-state index in [9.17, 15) is 0 Å². The normalized spacial score (nSPS) is 34.7. The average molecular weight is 127 g/mol. The molecular formula is C8H17N. The summed E-state index contributed by atoms with van der Waals surface area (Å²) in [5, 5.41) is 3.36. The molecule has 0 radical (unpaired) electrons. The Morgan fingerprint density at radius 3 is 2.33 bits per heavy atom. The van der Waals surface area contributed by atoms with Crippen LogP contribution in [0.4, 0.5) is 0 Å². The van der Waals surface area contributed by atoms with Gasteiger partial charge in [0.25, 0.3) is 0 Å².